The first-order chi connectivity index (χ1) is 7.49. The van der Waals surface area contributed by atoms with E-state index in [1.165, 1.54) is 0 Å². The summed E-state index contributed by atoms with van der Waals surface area (Å²) in [6, 6.07) is 0. The zero-order valence-electron chi connectivity index (χ0n) is 9.20. The number of carboxylic acids is 1. The van der Waals surface area contributed by atoms with Crippen molar-refractivity contribution in [2.45, 2.75) is 44.9 Å². The number of primary amides is 1. The molecule has 0 atom stereocenters. The van der Waals surface area contributed by atoms with Gasteiger partial charge in [0.25, 0.3) is 0 Å². The van der Waals surface area contributed by atoms with Crippen molar-refractivity contribution in [2.75, 3.05) is 0 Å². The molecule has 0 saturated heterocycles. The van der Waals surface area contributed by atoms with Gasteiger partial charge in [-0.3, -0.25) is 14.4 Å². The van der Waals surface area contributed by atoms with Crippen LogP contribution >= 0.6 is 0 Å². The molecule has 1 saturated carbocycles. The molecule has 0 radical (unpaired) electrons. The van der Waals surface area contributed by atoms with Crippen molar-refractivity contribution in [3.05, 3.63) is 0 Å². The Morgan fingerprint density at radius 2 is 1.62 bits per heavy atom. The van der Waals surface area contributed by atoms with Gasteiger partial charge in [0.05, 0.1) is 0 Å². The van der Waals surface area contributed by atoms with E-state index in [0.717, 1.165) is 19.3 Å². The predicted octanol–water partition coefficient (Wildman–Crippen LogP) is 0.856. The minimum atomic E-state index is -1.26. The second-order valence-corrected chi connectivity index (χ2v) is 4.34. The minimum Gasteiger partial charge on any atom is -0.480 e. The highest BCUT2D eigenvalue weighted by Crippen LogP contribution is 2.38. The van der Waals surface area contributed by atoms with E-state index in [1.54, 1.807) is 0 Å². The fraction of sp³-hybridized carbons (Fsp3) is 0.727. The Labute approximate surface area is 94.0 Å². The average Bonchev–Trinajstić information content (AvgIpc) is 2.26. The number of nitrogens with two attached hydrogens (primary N) is 1. The summed E-state index contributed by atoms with van der Waals surface area (Å²) in [6.07, 6.45) is 3.15. The molecular weight excluding hydrogens is 210 g/mol. The maximum atomic E-state index is 11.9. The molecule has 0 aromatic carbocycles. The van der Waals surface area contributed by atoms with Gasteiger partial charge in [-0.15, -0.1) is 0 Å². The van der Waals surface area contributed by atoms with Crippen LogP contribution in [0.4, 0.5) is 0 Å². The molecule has 0 aromatic heterocycles. The number of carboxylic acid groups (broad SMARTS) is 1. The molecule has 1 rings (SSSR count). The summed E-state index contributed by atoms with van der Waals surface area (Å²) in [5.74, 6) is -1.97. The van der Waals surface area contributed by atoms with Crippen molar-refractivity contribution < 1.29 is 19.5 Å². The predicted molar refractivity (Wildman–Crippen MR) is 56.6 cm³/mol. The van der Waals surface area contributed by atoms with E-state index in [0.29, 0.717) is 12.8 Å². The molecule has 0 heterocycles. The summed E-state index contributed by atoms with van der Waals surface area (Å²) in [5.41, 5.74) is 3.69. The van der Waals surface area contributed by atoms with Gasteiger partial charge >= 0.3 is 5.97 Å². The maximum absolute atomic E-state index is 11.9. The first-order valence-corrected chi connectivity index (χ1v) is 5.54. The number of aliphatic carboxylic acids is 1. The molecule has 1 aliphatic rings. The number of hydrogen-bond donors (Lipinski definition) is 2. The van der Waals surface area contributed by atoms with Crippen molar-refractivity contribution in [3.8, 4) is 0 Å². The second kappa shape index (κ2) is 5.09. The van der Waals surface area contributed by atoms with Gasteiger partial charge in [-0.05, 0) is 12.8 Å². The largest absolute Gasteiger partial charge is 0.480 e. The fourth-order valence-corrected chi connectivity index (χ4v) is 2.24. The highest BCUT2D eigenvalue weighted by atomic mass is 16.4. The molecule has 0 aliphatic heterocycles. The van der Waals surface area contributed by atoms with E-state index >= 15 is 0 Å². The normalized spacial score (nSPS) is 19.0. The summed E-state index contributed by atoms with van der Waals surface area (Å²) in [7, 11) is 0. The Hall–Kier alpha value is -1.39. The van der Waals surface area contributed by atoms with Crippen LogP contribution in [-0.2, 0) is 14.4 Å². The first kappa shape index (κ1) is 12.7. The summed E-state index contributed by atoms with van der Waals surface area (Å²) >= 11 is 0. The molecule has 1 fully saturated rings. The van der Waals surface area contributed by atoms with Crippen LogP contribution in [0.1, 0.15) is 44.9 Å². The third-order valence-corrected chi connectivity index (χ3v) is 3.25. The highest BCUT2D eigenvalue weighted by Gasteiger charge is 2.45. The lowest BCUT2D eigenvalue weighted by Gasteiger charge is -2.31. The molecule has 5 heteroatoms. The highest BCUT2D eigenvalue weighted by molar-refractivity contribution is 6.04. The summed E-state index contributed by atoms with van der Waals surface area (Å²) < 4.78 is 0. The Kier molecular flexibility index (Phi) is 4.04. The Morgan fingerprint density at radius 3 is 2.06 bits per heavy atom. The van der Waals surface area contributed by atoms with Crippen molar-refractivity contribution in [1.82, 2.24) is 0 Å². The number of hydrogen-bond acceptors (Lipinski definition) is 3. The molecule has 1 amide bonds. The standard InChI is InChI=1S/C11H17NO4/c12-9(14)5-4-8(13)11(10(15)16)6-2-1-3-7-11/h1-7H2,(H2,12,14)(H,15,16). The van der Waals surface area contributed by atoms with Crippen LogP contribution in [0.5, 0.6) is 0 Å². The SMILES string of the molecule is NC(=O)CCC(=O)C1(C(=O)O)CCCCC1. The third kappa shape index (κ3) is 2.59. The summed E-state index contributed by atoms with van der Waals surface area (Å²) in [5, 5.41) is 9.19. The number of carbonyl (C=O) groups excluding carboxylic acids is 2. The average molecular weight is 227 g/mol. The van der Waals surface area contributed by atoms with E-state index in [9.17, 15) is 19.5 Å². The van der Waals surface area contributed by atoms with Crippen LogP contribution in [0.2, 0.25) is 0 Å². The molecule has 16 heavy (non-hydrogen) atoms. The second-order valence-electron chi connectivity index (χ2n) is 4.34. The van der Waals surface area contributed by atoms with Gasteiger partial charge in [0.1, 0.15) is 5.41 Å². The van der Waals surface area contributed by atoms with Gasteiger partial charge in [-0.25, -0.2) is 0 Å². The van der Waals surface area contributed by atoms with Crippen LogP contribution in [0.15, 0.2) is 0 Å². The molecule has 5 nitrogen and oxygen atoms in total. The molecule has 1 aliphatic carbocycles. The Bertz CT molecular complexity index is 305. The van der Waals surface area contributed by atoms with Crippen LogP contribution in [0.25, 0.3) is 0 Å². The van der Waals surface area contributed by atoms with E-state index in [1.807, 2.05) is 0 Å². The summed E-state index contributed by atoms with van der Waals surface area (Å²) in [6.45, 7) is 0. The topological polar surface area (TPSA) is 97.5 Å². The number of rotatable bonds is 5. The van der Waals surface area contributed by atoms with Crippen molar-refractivity contribution in [2.24, 2.45) is 11.1 Å². The number of Topliss-reactive ketones (excluding diaryl/α,β-unsaturated/α-hetero) is 1. The number of amides is 1. The van der Waals surface area contributed by atoms with Crippen LogP contribution < -0.4 is 5.73 Å². The third-order valence-electron chi connectivity index (χ3n) is 3.25. The smallest absolute Gasteiger partial charge is 0.317 e. The van der Waals surface area contributed by atoms with E-state index < -0.39 is 17.3 Å². The lowest BCUT2D eigenvalue weighted by atomic mass is 9.70. The zero-order valence-corrected chi connectivity index (χ0v) is 9.20. The molecule has 0 spiro atoms. The minimum absolute atomic E-state index is 0.0539. The Balaban J connectivity index is 2.72. The maximum Gasteiger partial charge on any atom is 0.317 e. The van der Waals surface area contributed by atoms with Crippen LogP contribution in [-0.4, -0.2) is 22.8 Å². The van der Waals surface area contributed by atoms with E-state index in [2.05, 4.69) is 0 Å². The molecule has 90 valence electrons. The fourth-order valence-electron chi connectivity index (χ4n) is 2.24. The molecule has 0 bridgehead atoms. The van der Waals surface area contributed by atoms with Gasteiger partial charge in [0.2, 0.25) is 5.91 Å². The quantitative estimate of drug-likeness (QED) is 0.680. The Morgan fingerprint density at radius 1 is 1.06 bits per heavy atom. The van der Waals surface area contributed by atoms with Gasteiger partial charge in [-0.1, -0.05) is 19.3 Å². The van der Waals surface area contributed by atoms with Gasteiger partial charge < -0.3 is 10.8 Å². The zero-order chi connectivity index (χ0) is 12.2. The monoisotopic (exact) mass is 227 g/mol. The van der Waals surface area contributed by atoms with Gasteiger partial charge in [-0.2, -0.15) is 0 Å². The van der Waals surface area contributed by atoms with E-state index in [4.69, 9.17) is 5.73 Å². The van der Waals surface area contributed by atoms with E-state index in [-0.39, 0.29) is 18.6 Å². The molecule has 3 N–H and O–H groups in total. The van der Waals surface area contributed by atoms with Crippen molar-refractivity contribution in [3.63, 3.8) is 0 Å². The van der Waals surface area contributed by atoms with Gasteiger partial charge in [0, 0.05) is 12.8 Å². The summed E-state index contributed by atoms with van der Waals surface area (Å²) in [4.78, 5) is 33.7. The van der Waals surface area contributed by atoms with Gasteiger partial charge in [0.15, 0.2) is 5.78 Å². The molecular formula is C11H17NO4. The lowest BCUT2D eigenvalue weighted by Crippen LogP contribution is -2.41. The first-order valence-electron chi connectivity index (χ1n) is 5.54. The van der Waals surface area contributed by atoms with Crippen LogP contribution in [0, 0.1) is 5.41 Å². The molecule has 0 unspecified atom stereocenters. The number of ketones is 1. The van der Waals surface area contributed by atoms with Crippen molar-refractivity contribution in [1.29, 1.82) is 0 Å². The molecule has 0 aromatic rings. The van der Waals surface area contributed by atoms with Crippen molar-refractivity contribution >= 4 is 17.7 Å². The lowest BCUT2D eigenvalue weighted by molar-refractivity contribution is -0.157. The van der Waals surface area contributed by atoms with Crippen LogP contribution in [0.3, 0.4) is 0 Å². The number of carbonyl (C=O) groups is 3.